The molecule has 2 aliphatic heterocycles. The highest BCUT2D eigenvalue weighted by molar-refractivity contribution is 4.90. The molecule has 9 heavy (non-hydrogen) atoms. The van der Waals surface area contributed by atoms with Crippen LogP contribution < -0.4 is 5.73 Å². The van der Waals surface area contributed by atoms with Crippen LogP contribution in [0.2, 0.25) is 0 Å². The van der Waals surface area contributed by atoms with Gasteiger partial charge in [0.05, 0.1) is 0 Å². The van der Waals surface area contributed by atoms with Gasteiger partial charge in [-0.25, -0.2) is 0 Å². The van der Waals surface area contributed by atoms with Crippen molar-refractivity contribution in [1.29, 1.82) is 0 Å². The zero-order valence-corrected chi connectivity index (χ0v) is 5.71. The molecule has 0 spiro atoms. The second kappa shape index (κ2) is 1.96. The molecule has 0 saturated carbocycles. The SMILES string of the molecule is NC[C@H]1CN2CC[C@@H]1C2. The molecule has 3 atom stereocenters. The van der Waals surface area contributed by atoms with Crippen LogP contribution in [-0.2, 0) is 0 Å². The Bertz CT molecular complexity index is 113. The van der Waals surface area contributed by atoms with Crippen LogP contribution in [-0.4, -0.2) is 31.1 Å². The Labute approximate surface area is 56.0 Å². The van der Waals surface area contributed by atoms with Gasteiger partial charge in [0.15, 0.2) is 0 Å². The largest absolute Gasteiger partial charge is 0.330 e. The average Bonchev–Trinajstić information content (AvgIpc) is 2.45. The van der Waals surface area contributed by atoms with Gasteiger partial charge in [0.25, 0.3) is 0 Å². The monoisotopic (exact) mass is 126 g/mol. The molecule has 2 N–H and O–H groups in total. The summed E-state index contributed by atoms with van der Waals surface area (Å²) < 4.78 is 0. The average molecular weight is 126 g/mol. The molecule has 2 saturated heterocycles. The highest BCUT2D eigenvalue weighted by Crippen LogP contribution is 2.31. The van der Waals surface area contributed by atoms with Crippen molar-refractivity contribution in [2.75, 3.05) is 26.2 Å². The number of rotatable bonds is 1. The van der Waals surface area contributed by atoms with E-state index in [1.807, 2.05) is 0 Å². The highest BCUT2D eigenvalue weighted by atomic mass is 15.2. The molecule has 2 rings (SSSR count). The van der Waals surface area contributed by atoms with E-state index >= 15 is 0 Å². The maximum Gasteiger partial charge on any atom is 0.00250 e. The topological polar surface area (TPSA) is 29.3 Å². The molecule has 0 radical (unpaired) electrons. The zero-order chi connectivity index (χ0) is 6.27. The number of nitrogens with zero attached hydrogens (tertiary/aromatic N) is 1. The maximum atomic E-state index is 5.59. The van der Waals surface area contributed by atoms with E-state index in [-0.39, 0.29) is 0 Å². The van der Waals surface area contributed by atoms with Gasteiger partial charge >= 0.3 is 0 Å². The summed E-state index contributed by atoms with van der Waals surface area (Å²) in [4.78, 5) is 2.53. The van der Waals surface area contributed by atoms with Gasteiger partial charge in [-0.05, 0) is 31.3 Å². The van der Waals surface area contributed by atoms with Crippen LogP contribution in [0, 0.1) is 11.8 Å². The van der Waals surface area contributed by atoms with Gasteiger partial charge in [0, 0.05) is 13.1 Å². The lowest BCUT2D eigenvalue weighted by molar-refractivity contribution is 0.306. The molecule has 0 aromatic heterocycles. The fourth-order valence-corrected chi connectivity index (χ4v) is 2.16. The number of hydrogen-bond acceptors (Lipinski definition) is 2. The molecule has 2 nitrogen and oxygen atoms in total. The Morgan fingerprint density at radius 1 is 1.44 bits per heavy atom. The van der Waals surface area contributed by atoms with E-state index in [2.05, 4.69) is 4.90 Å². The van der Waals surface area contributed by atoms with Crippen molar-refractivity contribution in [2.45, 2.75) is 6.42 Å². The molecule has 2 heteroatoms. The van der Waals surface area contributed by atoms with Crippen molar-refractivity contribution >= 4 is 0 Å². The van der Waals surface area contributed by atoms with Crippen molar-refractivity contribution in [3.8, 4) is 0 Å². The Kier molecular flexibility index (Phi) is 1.24. The van der Waals surface area contributed by atoms with E-state index in [1.54, 1.807) is 0 Å². The normalized spacial score (nSPS) is 48.3. The summed E-state index contributed by atoms with van der Waals surface area (Å²) >= 11 is 0. The maximum absolute atomic E-state index is 5.59. The van der Waals surface area contributed by atoms with E-state index in [0.717, 1.165) is 18.4 Å². The molecule has 2 fully saturated rings. The van der Waals surface area contributed by atoms with E-state index in [1.165, 1.54) is 26.1 Å². The third-order valence-electron chi connectivity index (χ3n) is 2.77. The predicted molar refractivity (Wildman–Crippen MR) is 37.1 cm³/mol. The number of hydrogen-bond donors (Lipinski definition) is 1. The minimum Gasteiger partial charge on any atom is -0.330 e. The van der Waals surface area contributed by atoms with Crippen molar-refractivity contribution < 1.29 is 0 Å². The summed E-state index contributed by atoms with van der Waals surface area (Å²) in [5.41, 5.74) is 5.59. The molecular formula is C7H14N2. The summed E-state index contributed by atoms with van der Waals surface area (Å²) in [5.74, 6) is 1.79. The Balaban J connectivity index is 2.01. The Hall–Kier alpha value is -0.0800. The quantitative estimate of drug-likeness (QED) is 0.531. The van der Waals surface area contributed by atoms with Crippen molar-refractivity contribution in [3.63, 3.8) is 0 Å². The smallest absolute Gasteiger partial charge is 0.00250 e. The molecule has 0 aliphatic carbocycles. The first-order chi connectivity index (χ1) is 4.40. The molecule has 2 bridgehead atoms. The lowest BCUT2D eigenvalue weighted by Crippen LogP contribution is -2.28. The lowest BCUT2D eigenvalue weighted by Gasteiger charge is -2.19. The number of nitrogens with two attached hydrogens (primary N) is 1. The first-order valence-corrected chi connectivity index (χ1v) is 3.82. The molecule has 2 aliphatic rings. The van der Waals surface area contributed by atoms with Gasteiger partial charge in [-0.3, -0.25) is 0 Å². The van der Waals surface area contributed by atoms with Crippen LogP contribution in [0.15, 0.2) is 0 Å². The predicted octanol–water partition coefficient (Wildman–Crippen LogP) is -0.103. The second-order valence-corrected chi connectivity index (χ2v) is 3.30. The van der Waals surface area contributed by atoms with E-state index in [9.17, 15) is 0 Å². The highest BCUT2D eigenvalue weighted by Gasteiger charge is 2.36. The first-order valence-electron chi connectivity index (χ1n) is 3.82. The van der Waals surface area contributed by atoms with Crippen LogP contribution in [0.5, 0.6) is 0 Å². The molecule has 0 aromatic carbocycles. The van der Waals surface area contributed by atoms with Crippen LogP contribution in [0.25, 0.3) is 0 Å². The first kappa shape index (κ1) is 5.69. The summed E-state index contributed by atoms with van der Waals surface area (Å²) in [5, 5.41) is 0. The standard InChI is InChI=1S/C7H14N2/c8-3-7-5-9-2-1-6(7)4-9/h6-7H,1-5,8H2/t6-,7+/m1/s1. The van der Waals surface area contributed by atoms with Crippen molar-refractivity contribution in [2.24, 2.45) is 17.6 Å². The van der Waals surface area contributed by atoms with Gasteiger partial charge in [0.2, 0.25) is 0 Å². The van der Waals surface area contributed by atoms with Crippen LogP contribution in [0.3, 0.4) is 0 Å². The number of piperidine rings is 1. The molecule has 0 amide bonds. The molecule has 1 unspecified atom stereocenters. The molecule has 52 valence electrons. The summed E-state index contributed by atoms with van der Waals surface area (Å²) in [6.45, 7) is 4.85. The van der Waals surface area contributed by atoms with E-state index < -0.39 is 0 Å². The van der Waals surface area contributed by atoms with Crippen LogP contribution in [0.1, 0.15) is 6.42 Å². The Morgan fingerprint density at radius 2 is 2.33 bits per heavy atom. The fraction of sp³-hybridized carbons (Fsp3) is 1.00. The van der Waals surface area contributed by atoms with Crippen LogP contribution in [0.4, 0.5) is 0 Å². The minimum atomic E-state index is 0.832. The zero-order valence-electron chi connectivity index (χ0n) is 5.71. The summed E-state index contributed by atoms with van der Waals surface area (Å²) in [7, 11) is 0. The minimum absolute atomic E-state index is 0.832. The summed E-state index contributed by atoms with van der Waals surface area (Å²) in [6.07, 6.45) is 1.40. The lowest BCUT2D eigenvalue weighted by atomic mass is 9.93. The molecule has 0 aromatic rings. The van der Waals surface area contributed by atoms with Gasteiger partial charge in [0.1, 0.15) is 0 Å². The van der Waals surface area contributed by atoms with Crippen molar-refractivity contribution in [1.82, 2.24) is 4.90 Å². The van der Waals surface area contributed by atoms with Gasteiger partial charge in [-0.15, -0.1) is 0 Å². The second-order valence-electron chi connectivity index (χ2n) is 3.30. The van der Waals surface area contributed by atoms with Crippen LogP contribution >= 0.6 is 0 Å². The van der Waals surface area contributed by atoms with Gasteiger partial charge < -0.3 is 10.6 Å². The van der Waals surface area contributed by atoms with Gasteiger partial charge in [-0.2, -0.15) is 0 Å². The van der Waals surface area contributed by atoms with Crippen molar-refractivity contribution in [3.05, 3.63) is 0 Å². The number of fused-ring (bicyclic) bond motifs is 2. The van der Waals surface area contributed by atoms with E-state index in [0.29, 0.717) is 0 Å². The van der Waals surface area contributed by atoms with E-state index in [4.69, 9.17) is 5.73 Å². The molecule has 2 heterocycles. The Morgan fingerprint density at radius 3 is 2.67 bits per heavy atom. The molecular weight excluding hydrogens is 112 g/mol. The third kappa shape index (κ3) is 0.775. The fourth-order valence-electron chi connectivity index (χ4n) is 2.16. The summed E-state index contributed by atoms with van der Waals surface area (Å²) in [6, 6.07) is 0. The van der Waals surface area contributed by atoms with Gasteiger partial charge in [-0.1, -0.05) is 0 Å². The third-order valence-corrected chi connectivity index (χ3v) is 2.77.